The van der Waals surface area contributed by atoms with E-state index in [1.54, 1.807) is 26.2 Å². The van der Waals surface area contributed by atoms with E-state index >= 15 is 0 Å². The molecule has 0 aliphatic heterocycles. The zero-order valence-corrected chi connectivity index (χ0v) is 27.8. The van der Waals surface area contributed by atoms with Gasteiger partial charge in [0.05, 0.1) is 18.2 Å². The number of aliphatic hydroxyl groups is 3. The number of primary amides is 1. The van der Waals surface area contributed by atoms with Crippen LogP contribution >= 0.6 is 0 Å². The fraction of sp³-hybridized carbons (Fsp3) is 0.429. The number of likely N-dealkylation sites (N-methyl/N-ethyl adjacent to an activating group) is 1. The second-order valence-corrected chi connectivity index (χ2v) is 13.8. The summed E-state index contributed by atoms with van der Waals surface area (Å²) in [5, 5.41) is 51.2. The summed E-state index contributed by atoms with van der Waals surface area (Å²) >= 11 is 0. The Hall–Kier alpha value is -4.88. The van der Waals surface area contributed by atoms with Gasteiger partial charge in [-0.3, -0.25) is 19.3 Å². The summed E-state index contributed by atoms with van der Waals surface area (Å²) in [5.74, 6) is -6.54. The SMILES string of the molecule is CCOc1ccc(-c2ccc(O)c3c2C[C@@H]2C[C@@H]4[C@@H](N(C)C)C(=O)C(C(N)=O)=C(O)[C@]4(O)C(=O)C2=C3O)cc1CNC(=O)NC(C)(C)C. The number of ketones is 2. The molecule has 0 radical (unpaired) electrons. The van der Waals surface area contributed by atoms with Gasteiger partial charge in [0.1, 0.15) is 28.6 Å². The van der Waals surface area contributed by atoms with E-state index in [0.29, 0.717) is 34.6 Å². The number of carbonyl (C=O) groups is 4. The molecule has 1 saturated carbocycles. The lowest BCUT2D eigenvalue weighted by atomic mass is 9.57. The van der Waals surface area contributed by atoms with Crippen molar-refractivity contribution in [2.45, 2.75) is 64.3 Å². The molecule has 5 rings (SSSR count). The van der Waals surface area contributed by atoms with Gasteiger partial charge in [-0.1, -0.05) is 12.1 Å². The van der Waals surface area contributed by atoms with Crippen LogP contribution in [-0.4, -0.2) is 86.7 Å². The van der Waals surface area contributed by atoms with E-state index in [2.05, 4.69) is 10.6 Å². The van der Waals surface area contributed by atoms with Gasteiger partial charge < -0.3 is 41.5 Å². The van der Waals surface area contributed by atoms with E-state index in [0.717, 1.165) is 0 Å². The average Bonchev–Trinajstić information content (AvgIpc) is 2.97. The summed E-state index contributed by atoms with van der Waals surface area (Å²) in [7, 11) is 3.10. The van der Waals surface area contributed by atoms with Crippen LogP contribution in [0.3, 0.4) is 0 Å². The van der Waals surface area contributed by atoms with E-state index in [1.165, 1.54) is 11.0 Å². The quantitative estimate of drug-likeness (QED) is 0.215. The topological polar surface area (TPSA) is 212 Å². The van der Waals surface area contributed by atoms with Gasteiger partial charge in [0.15, 0.2) is 11.4 Å². The van der Waals surface area contributed by atoms with E-state index in [1.807, 2.05) is 39.8 Å². The molecule has 48 heavy (non-hydrogen) atoms. The molecule has 256 valence electrons. The van der Waals surface area contributed by atoms with Crippen LogP contribution in [0.2, 0.25) is 0 Å². The number of nitrogens with one attached hydrogen (secondary N) is 2. The predicted molar refractivity (Wildman–Crippen MR) is 176 cm³/mol. The molecule has 2 aromatic rings. The van der Waals surface area contributed by atoms with Gasteiger partial charge in [0, 0.05) is 29.1 Å². The molecule has 2 aromatic carbocycles. The zero-order valence-electron chi connectivity index (χ0n) is 27.8. The van der Waals surface area contributed by atoms with Crippen LogP contribution in [0.5, 0.6) is 11.5 Å². The number of phenolic OH excluding ortho intramolecular Hbond substituents is 1. The number of Topliss-reactive ketones (excluding diaryl/α,β-unsaturated/α-hetero) is 2. The van der Waals surface area contributed by atoms with Crippen LogP contribution in [0.15, 0.2) is 47.2 Å². The largest absolute Gasteiger partial charge is 0.508 e. The predicted octanol–water partition coefficient (Wildman–Crippen LogP) is 2.63. The van der Waals surface area contributed by atoms with Crippen molar-refractivity contribution in [1.82, 2.24) is 15.5 Å². The molecule has 13 heteroatoms. The summed E-state index contributed by atoms with van der Waals surface area (Å²) < 4.78 is 5.82. The first-order valence-corrected chi connectivity index (χ1v) is 15.7. The number of nitrogens with zero attached hydrogens (tertiary/aromatic N) is 1. The normalized spacial score (nSPS) is 23.8. The first kappa shape index (κ1) is 34.5. The summed E-state index contributed by atoms with van der Waals surface area (Å²) in [6.07, 6.45) is 0.106. The highest BCUT2D eigenvalue weighted by molar-refractivity contribution is 6.24. The summed E-state index contributed by atoms with van der Waals surface area (Å²) in [5.41, 5.74) is 3.66. The van der Waals surface area contributed by atoms with Crippen molar-refractivity contribution in [3.8, 4) is 22.6 Å². The van der Waals surface area contributed by atoms with Gasteiger partial charge in [0.25, 0.3) is 5.91 Å². The number of urea groups is 1. The lowest BCUT2D eigenvalue weighted by molar-refractivity contribution is -0.153. The number of phenols is 1. The highest BCUT2D eigenvalue weighted by Crippen LogP contribution is 2.53. The standard InChI is InChI=1S/C35H42N4O9/c1-7-48-23-11-8-16(12-18(23)15-37-33(46)38-34(2,3)4)19-9-10-22(40)25-20(19)13-17-14-21-27(39(5)6)29(42)26(32(36)45)31(44)35(21,47)30(43)24(17)28(25)41/h8-12,17,21,27,40-41,44,47H,7,13-15H2,1-6H3,(H2,36,45)(H2,37,38,46)/t17-,21-,27-,35-/m1/s1. The third kappa shape index (κ3) is 5.66. The molecule has 4 atom stereocenters. The molecule has 0 heterocycles. The summed E-state index contributed by atoms with van der Waals surface area (Å²) in [6.45, 7) is 7.98. The Morgan fingerprint density at radius 3 is 2.40 bits per heavy atom. The number of aromatic hydroxyl groups is 1. The van der Waals surface area contributed by atoms with Gasteiger partial charge in [-0.2, -0.15) is 0 Å². The van der Waals surface area contributed by atoms with Crippen molar-refractivity contribution in [1.29, 1.82) is 0 Å². The van der Waals surface area contributed by atoms with Crippen LogP contribution in [-0.2, 0) is 27.3 Å². The zero-order chi connectivity index (χ0) is 35.5. The molecule has 1 fully saturated rings. The molecular weight excluding hydrogens is 620 g/mol. The van der Waals surface area contributed by atoms with Crippen LogP contribution in [0.4, 0.5) is 4.79 Å². The Morgan fingerprint density at radius 1 is 1.10 bits per heavy atom. The van der Waals surface area contributed by atoms with Gasteiger partial charge in [-0.15, -0.1) is 0 Å². The maximum atomic E-state index is 14.1. The Morgan fingerprint density at radius 2 is 1.79 bits per heavy atom. The first-order valence-electron chi connectivity index (χ1n) is 15.7. The Labute approximate surface area is 278 Å². The molecule has 0 bridgehead atoms. The maximum absolute atomic E-state index is 14.1. The molecule has 3 amide bonds. The fourth-order valence-corrected chi connectivity index (χ4v) is 7.26. The molecule has 0 saturated heterocycles. The van der Waals surface area contributed by atoms with Crippen molar-refractivity contribution in [3.63, 3.8) is 0 Å². The van der Waals surface area contributed by atoms with Gasteiger partial charge in [0.2, 0.25) is 5.78 Å². The number of rotatable bonds is 7. The Bertz CT molecular complexity index is 1790. The van der Waals surface area contributed by atoms with Crippen LogP contribution in [0, 0.1) is 11.8 Å². The monoisotopic (exact) mass is 662 g/mol. The second kappa shape index (κ2) is 12.3. The number of aliphatic hydroxyl groups excluding tert-OH is 2. The smallest absolute Gasteiger partial charge is 0.315 e. The third-order valence-electron chi connectivity index (χ3n) is 9.20. The van der Waals surface area contributed by atoms with Crippen molar-refractivity contribution >= 4 is 29.3 Å². The molecule has 13 nitrogen and oxygen atoms in total. The number of amides is 3. The van der Waals surface area contributed by atoms with Crippen LogP contribution < -0.4 is 21.1 Å². The van der Waals surface area contributed by atoms with Crippen LogP contribution in [0.1, 0.15) is 50.8 Å². The number of benzene rings is 2. The van der Waals surface area contributed by atoms with E-state index in [4.69, 9.17) is 10.5 Å². The lowest BCUT2D eigenvalue weighted by Crippen LogP contribution is -2.65. The number of carbonyl (C=O) groups excluding carboxylic acids is 4. The molecule has 3 aliphatic rings. The lowest BCUT2D eigenvalue weighted by Gasteiger charge is -2.50. The molecular formula is C35H42N4O9. The minimum absolute atomic E-state index is 0.0121. The number of ether oxygens (including phenoxy) is 1. The summed E-state index contributed by atoms with van der Waals surface area (Å²) in [6, 6.07) is 6.95. The van der Waals surface area contributed by atoms with E-state index in [9.17, 15) is 39.6 Å². The number of fused-ring (bicyclic) bond motifs is 3. The average molecular weight is 663 g/mol. The summed E-state index contributed by atoms with van der Waals surface area (Å²) in [4.78, 5) is 53.7. The van der Waals surface area contributed by atoms with E-state index < -0.39 is 63.6 Å². The van der Waals surface area contributed by atoms with Gasteiger partial charge in [-0.25, -0.2) is 4.79 Å². The Kier molecular flexibility index (Phi) is 8.82. The van der Waals surface area contributed by atoms with Crippen molar-refractivity contribution in [2.75, 3.05) is 20.7 Å². The number of hydrogen-bond donors (Lipinski definition) is 7. The fourth-order valence-electron chi connectivity index (χ4n) is 7.26. The van der Waals surface area contributed by atoms with Crippen molar-refractivity contribution in [2.24, 2.45) is 17.6 Å². The van der Waals surface area contributed by atoms with Crippen molar-refractivity contribution < 1.29 is 44.3 Å². The van der Waals surface area contributed by atoms with Gasteiger partial charge in [-0.05, 0) is 95.4 Å². The molecule has 3 aliphatic carbocycles. The van der Waals surface area contributed by atoms with Crippen molar-refractivity contribution in [3.05, 3.63) is 63.9 Å². The third-order valence-corrected chi connectivity index (χ3v) is 9.20. The minimum atomic E-state index is -2.71. The second-order valence-electron chi connectivity index (χ2n) is 13.8. The number of nitrogens with two attached hydrogens (primary N) is 1. The Balaban J connectivity index is 1.62. The maximum Gasteiger partial charge on any atom is 0.315 e. The molecule has 8 N–H and O–H groups in total. The molecule has 0 unspecified atom stereocenters. The molecule has 0 spiro atoms. The van der Waals surface area contributed by atoms with Crippen LogP contribution in [0.25, 0.3) is 16.9 Å². The molecule has 0 aromatic heterocycles. The highest BCUT2D eigenvalue weighted by atomic mass is 16.5. The minimum Gasteiger partial charge on any atom is -0.508 e. The van der Waals surface area contributed by atoms with E-state index in [-0.39, 0.29) is 42.3 Å². The van der Waals surface area contributed by atoms with Gasteiger partial charge >= 0.3 is 6.03 Å². The highest BCUT2D eigenvalue weighted by Gasteiger charge is 2.64. The first-order chi connectivity index (χ1) is 22.4. The number of hydrogen-bond acceptors (Lipinski definition) is 10.